The van der Waals surface area contributed by atoms with Crippen molar-refractivity contribution in [1.29, 1.82) is 0 Å². The van der Waals surface area contributed by atoms with E-state index in [2.05, 4.69) is 10.3 Å². The molecule has 1 amide bonds. The van der Waals surface area contributed by atoms with Crippen LogP contribution >= 0.6 is 0 Å². The van der Waals surface area contributed by atoms with E-state index in [1.807, 2.05) is 24.3 Å². The van der Waals surface area contributed by atoms with Crippen LogP contribution in [0.1, 0.15) is 0 Å². The fraction of sp³-hybridized carbons (Fsp3) is 0.158. The molecule has 0 aliphatic carbocycles. The number of ether oxygens (including phenoxy) is 3. The Hall–Kier alpha value is -3.28. The van der Waals surface area contributed by atoms with Gasteiger partial charge in [-0.05, 0) is 24.3 Å². The number of aromatic nitrogens is 1. The molecule has 0 saturated heterocycles. The number of rotatable bonds is 6. The van der Waals surface area contributed by atoms with Crippen molar-refractivity contribution in [2.45, 2.75) is 0 Å². The van der Waals surface area contributed by atoms with E-state index in [-0.39, 0.29) is 12.5 Å². The van der Waals surface area contributed by atoms with E-state index in [0.717, 1.165) is 10.9 Å². The summed E-state index contributed by atoms with van der Waals surface area (Å²) in [4.78, 5) is 16.5. The van der Waals surface area contributed by atoms with Crippen molar-refractivity contribution >= 4 is 22.5 Å². The Bertz CT molecular complexity index is 890. The summed E-state index contributed by atoms with van der Waals surface area (Å²) in [6.45, 7) is -0.134. The van der Waals surface area contributed by atoms with Crippen LogP contribution in [0.3, 0.4) is 0 Å². The summed E-state index contributed by atoms with van der Waals surface area (Å²) < 4.78 is 16.0. The molecule has 6 nitrogen and oxygen atoms in total. The van der Waals surface area contributed by atoms with E-state index in [1.54, 1.807) is 37.6 Å². The molecule has 1 N–H and O–H groups in total. The van der Waals surface area contributed by atoms with Crippen LogP contribution in [-0.2, 0) is 4.79 Å². The minimum absolute atomic E-state index is 0.134. The number of fused-ring (bicyclic) bond motifs is 1. The van der Waals surface area contributed by atoms with Crippen LogP contribution in [0.25, 0.3) is 10.9 Å². The first-order valence-electron chi connectivity index (χ1n) is 7.69. The minimum Gasteiger partial charge on any atom is -0.497 e. The SMILES string of the molecule is COc1ccc(NC(=O)COc2cccc3cccnc23)c(OC)c1. The predicted molar refractivity (Wildman–Crippen MR) is 95.4 cm³/mol. The molecular weight excluding hydrogens is 320 g/mol. The first-order valence-corrected chi connectivity index (χ1v) is 7.69. The lowest BCUT2D eigenvalue weighted by atomic mass is 10.2. The maximum absolute atomic E-state index is 12.2. The van der Waals surface area contributed by atoms with Crippen LogP contribution in [0, 0.1) is 0 Å². The molecule has 6 heteroatoms. The zero-order valence-corrected chi connectivity index (χ0v) is 14.0. The van der Waals surface area contributed by atoms with Crippen molar-refractivity contribution in [3.63, 3.8) is 0 Å². The van der Waals surface area contributed by atoms with Crippen LogP contribution in [0.4, 0.5) is 5.69 Å². The van der Waals surface area contributed by atoms with Crippen molar-refractivity contribution in [2.24, 2.45) is 0 Å². The fourth-order valence-corrected chi connectivity index (χ4v) is 2.42. The van der Waals surface area contributed by atoms with E-state index in [1.165, 1.54) is 7.11 Å². The molecule has 1 heterocycles. The maximum Gasteiger partial charge on any atom is 0.262 e. The summed E-state index contributed by atoms with van der Waals surface area (Å²) in [5.41, 5.74) is 1.27. The number of para-hydroxylation sites is 1. The molecule has 0 fully saturated rings. The van der Waals surface area contributed by atoms with Gasteiger partial charge >= 0.3 is 0 Å². The second-order valence-corrected chi connectivity index (χ2v) is 5.23. The third-order valence-electron chi connectivity index (χ3n) is 3.64. The Labute approximate surface area is 145 Å². The monoisotopic (exact) mass is 338 g/mol. The summed E-state index contributed by atoms with van der Waals surface area (Å²) in [5, 5.41) is 3.72. The number of nitrogens with one attached hydrogen (secondary N) is 1. The molecule has 0 radical (unpaired) electrons. The standard InChI is InChI=1S/C19H18N2O4/c1-23-14-8-9-15(17(11-14)24-2)21-18(22)12-25-16-7-3-5-13-6-4-10-20-19(13)16/h3-11H,12H2,1-2H3,(H,21,22). The Morgan fingerprint density at radius 3 is 2.68 bits per heavy atom. The Morgan fingerprint density at radius 1 is 1.04 bits per heavy atom. The molecule has 25 heavy (non-hydrogen) atoms. The lowest BCUT2D eigenvalue weighted by Crippen LogP contribution is -2.20. The topological polar surface area (TPSA) is 69.7 Å². The minimum atomic E-state index is -0.295. The van der Waals surface area contributed by atoms with Gasteiger partial charge in [0.15, 0.2) is 6.61 Å². The van der Waals surface area contributed by atoms with Crippen molar-refractivity contribution in [1.82, 2.24) is 4.98 Å². The molecule has 1 aromatic heterocycles. The summed E-state index contributed by atoms with van der Waals surface area (Å²) in [6, 6.07) is 14.6. The zero-order chi connectivity index (χ0) is 17.6. The summed E-state index contributed by atoms with van der Waals surface area (Å²) in [6.07, 6.45) is 1.69. The van der Waals surface area contributed by atoms with E-state index >= 15 is 0 Å². The number of methoxy groups -OCH3 is 2. The van der Waals surface area contributed by atoms with Gasteiger partial charge in [0, 0.05) is 17.6 Å². The van der Waals surface area contributed by atoms with E-state index in [4.69, 9.17) is 14.2 Å². The number of anilines is 1. The van der Waals surface area contributed by atoms with Gasteiger partial charge in [-0.2, -0.15) is 0 Å². The average Bonchev–Trinajstić information content (AvgIpc) is 2.66. The van der Waals surface area contributed by atoms with E-state index in [9.17, 15) is 4.79 Å². The molecular formula is C19H18N2O4. The smallest absolute Gasteiger partial charge is 0.262 e. The van der Waals surface area contributed by atoms with Crippen molar-refractivity contribution in [2.75, 3.05) is 26.1 Å². The van der Waals surface area contributed by atoms with Crippen molar-refractivity contribution in [3.8, 4) is 17.2 Å². The molecule has 0 bridgehead atoms. The van der Waals surface area contributed by atoms with E-state index in [0.29, 0.717) is 22.9 Å². The lowest BCUT2D eigenvalue weighted by molar-refractivity contribution is -0.118. The molecule has 2 aromatic carbocycles. The van der Waals surface area contributed by atoms with Gasteiger partial charge in [-0.1, -0.05) is 18.2 Å². The number of carbonyl (C=O) groups is 1. The number of benzene rings is 2. The van der Waals surface area contributed by atoms with Crippen molar-refractivity contribution in [3.05, 3.63) is 54.7 Å². The normalized spacial score (nSPS) is 10.3. The van der Waals surface area contributed by atoms with Gasteiger partial charge in [0.1, 0.15) is 22.8 Å². The molecule has 0 unspecified atom stereocenters. The van der Waals surface area contributed by atoms with Crippen LogP contribution < -0.4 is 19.5 Å². The number of hydrogen-bond acceptors (Lipinski definition) is 5. The Morgan fingerprint density at radius 2 is 1.88 bits per heavy atom. The van der Waals surface area contributed by atoms with Gasteiger partial charge in [0.05, 0.1) is 19.9 Å². The number of amides is 1. The first kappa shape index (κ1) is 16.6. The summed E-state index contributed by atoms with van der Waals surface area (Å²) in [7, 11) is 3.10. The third-order valence-corrected chi connectivity index (χ3v) is 3.64. The molecule has 0 atom stereocenters. The molecule has 3 rings (SSSR count). The van der Waals surface area contributed by atoms with Crippen LogP contribution in [0.2, 0.25) is 0 Å². The Balaban J connectivity index is 1.69. The quantitative estimate of drug-likeness (QED) is 0.747. The molecule has 3 aromatic rings. The highest BCUT2D eigenvalue weighted by Gasteiger charge is 2.11. The number of pyridine rings is 1. The van der Waals surface area contributed by atoms with Gasteiger partial charge in [0.25, 0.3) is 5.91 Å². The van der Waals surface area contributed by atoms with E-state index < -0.39 is 0 Å². The van der Waals surface area contributed by atoms with Crippen LogP contribution in [0.15, 0.2) is 54.7 Å². The molecule has 0 spiro atoms. The molecule has 0 saturated carbocycles. The Kier molecular flexibility index (Phi) is 4.99. The van der Waals surface area contributed by atoms with Gasteiger partial charge in [0.2, 0.25) is 0 Å². The van der Waals surface area contributed by atoms with Crippen LogP contribution in [0.5, 0.6) is 17.2 Å². The highest BCUT2D eigenvalue weighted by Crippen LogP contribution is 2.29. The largest absolute Gasteiger partial charge is 0.497 e. The fourth-order valence-electron chi connectivity index (χ4n) is 2.42. The highest BCUT2D eigenvalue weighted by molar-refractivity contribution is 5.94. The number of hydrogen-bond donors (Lipinski definition) is 1. The second-order valence-electron chi connectivity index (χ2n) is 5.23. The summed E-state index contributed by atoms with van der Waals surface area (Å²) >= 11 is 0. The molecule has 0 aliphatic heterocycles. The van der Waals surface area contributed by atoms with Gasteiger partial charge in [-0.15, -0.1) is 0 Å². The zero-order valence-electron chi connectivity index (χ0n) is 14.0. The predicted octanol–water partition coefficient (Wildman–Crippen LogP) is 3.27. The first-order chi connectivity index (χ1) is 12.2. The number of nitrogens with zero attached hydrogens (tertiary/aromatic N) is 1. The maximum atomic E-state index is 12.2. The molecule has 128 valence electrons. The molecule has 0 aliphatic rings. The van der Waals surface area contributed by atoms with Gasteiger partial charge in [-0.3, -0.25) is 9.78 Å². The number of carbonyl (C=O) groups excluding carboxylic acids is 1. The lowest BCUT2D eigenvalue weighted by Gasteiger charge is -2.12. The second kappa shape index (κ2) is 7.53. The summed E-state index contributed by atoms with van der Waals surface area (Å²) in [5.74, 6) is 1.43. The third kappa shape index (κ3) is 3.80. The highest BCUT2D eigenvalue weighted by atomic mass is 16.5. The van der Waals surface area contributed by atoms with Crippen molar-refractivity contribution < 1.29 is 19.0 Å². The van der Waals surface area contributed by atoms with Gasteiger partial charge in [-0.25, -0.2) is 0 Å². The average molecular weight is 338 g/mol. The van der Waals surface area contributed by atoms with Crippen LogP contribution in [-0.4, -0.2) is 31.7 Å². The van der Waals surface area contributed by atoms with Gasteiger partial charge < -0.3 is 19.5 Å².